The summed E-state index contributed by atoms with van der Waals surface area (Å²) in [6.07, 6.45) is 3.05. The summed E-state index contributed by atoms with van der Waals surface area (Å²) in [5, 5.41) is 11.2. The average Bonchev–Trinajstić information content (AvgIpc) is 2.94. The Hall–Kier alpha value is -2.14. The summed E-state index contributed by atoms with van der Waals surface area (Å²) in [4.78, 5) is 12.4. The van der Waals surface area contributed by atoms with Crippen molar-refractivity contribution in [2.75, 3.05) is 13.1 Å². The quantitative estimate of drug-likeness (QED) is 0.789. The van der Waals surface area contributed by atoms with Crippen molar-refractivity contribution in [3.05, 3.63) is 52.8 Å². The Morgan fingerprint density at radius 3 is 2.81 bits per heavy atom. The van der Waals surface area contributed by atoms with Crippen molar-refractivity contribution >= 4 is 5.91 Å². The second kappa shape index (κ2) is 9.18. The molecule has 0 radical (unpaired) electrons. The van der Waals surface area contributed by atoms with E-state index < -0.39 is 0 Å². The standard InChI is InChI=1S/C22H32N4O/c1-16(20-10-7-11-23-13-20)12-22(27)24-14-21-17(2)25-26(18(21)3)15-19-8-5-4-6-9-19/h4-6,8-9,16,20,23H,7,10-15H2,1-3H3,(H,24,27). The van der Waals surface area contributed by atoms with Crippen molar-refractivity contribution in [2.45, 2.75) is 53.1 Å². The van der Waals surface area contributed by atoms with Crippen LogP contribution in [0.5, 0.6) is 0 Å². The minimum Gasteiger partial charge on any atom is -0.352 e. The molecule has 146 valence electrons. The molecule has 0 spiro atoms. The lowest BCUT2D eigenvalue weighted by molar-refractivity contribution is -0.122. The van der Waals surface area contributed by atoms with Gasteiger partial charge < -0.3 is 10.6 Å². The number of aromatic nitrogens is 2. The molecular formula is C22H32N4O. The number of carbonyl (C=O) groups is 1. The fourth-order valence-corrected chi connectivity index (χ4v) is 3.98. The lowest BCUT2D eigenvalue weighted by Gasteiger charge is -2.28. The van der Waals surface area contributed by atoms with E-state index in [2.05, 4.69) is 41.7 Å². The molecule has 1 aliphatic rings. The maximum absolute atomic E-state index is 12.4. The Balaban J connectivity index is 1.55. The number of amides is 1. The van der Waals surface area contributed by atoms with E-state index in [1.54, 1.807) is 0 Å². The number of hydrogen-bond acceptors (Lipinski definition) is 3. The van der Waals surface area contributed by atoms with Crippen LogP contribution in [0.2, 0.25) is 0 Å². The first-order valence-electron chi connectivity index (χ1n) is 10.1. The van der Waals surface area contributed by atoms with Gasteiger partial charge in [0.25, 0.3) is 0 Å². The summed E-state index contributed by atoms with van der Waals surface area (Å²) in [6.45, 7) is 9.77. The number of nitrogens with one attached hydrogen (secondary N) is 2. The minimum atomic E-state index is 0.141. The zero-order valence-electron chi connectivity index (χ0n) is 16.8. The molecule has 0 saturated carbocycles. The van der Waals surface area contributed by atoms with Gasteiger partial charge in [-0.2, -0.15) is 5.10 Å². The molecule has 2 heterocycles. The monoisotopic (exact) mass is 368 g/mol. The molecule has 5 heteroatoms. The van der Waals surface area contributed by atoms with Gasteiger partial charge in [-0.25, -0.2) is 0 Å². The molecule has 3 rings (SSSR count). The van der Waals surface area contributed by atoms with Crippen LogP contribution in [0.15, 0.2) is 30.3 Å². The first-order valence-corrected chi connectivity index (χ1v) is 10.1. The summed E-state index contributed by atoms with van der Waals surface area (Å²) < 4.78 is 2.03. The minimum absolute atomic E-state index is 0.141. The molecule has 1 saturated heterocycles. The number of hydrogen-bond donors (Lipinski definition) is 2. The van der Waals surface area contributed by atoms with Crippen molar-refractivity contribution in [2.24, 2.45) is 11.8 Å². The van der Waals surface area contributed by atoms with Gasteiger partial charge in [0.15, 0.2) is 0 Å². The van der Waals surface area contributed by atoms with Gasteiger partial charge in [0, 0.05) is 24.2 Å². The van der Waals surface area contributed by atoms with Gasteiger partial charge in [0.05, 0.1) is 12.2 Å². The van der Waals surface area contributed by atoms with Crippen LogP contribution in [-0.4, -0.2) is 28.8 Å². The van der Waals surface area contributed by atoms with Gasteiger partial charge in [-0.3, -0.25) is 9.48 Å². The molecule has 5 nitrogen and oxygen atoms in total. The topological polar surface area (TPSA) is 59.0 Å². The van der Waals surface area contributed by atoms with Crippen molar-refractivity contribution in [1.29, 1.82) is 0 Å². The molecule has 1 amide bonds. The van der Waals surface area contributed by atoms with Gasteiger partial charge in [-0.05, 0) is 57.2 Å². The molecule has 27 heavy (non-hydrogen) atoms. The van der Waals surface area contributed by atoms with Crippen LogP contribution >= 0.6 is 0 Å². The highest BCUT2D eigenvalue weighted by Gasteiger charge is 2.22. The number of benzene rings is 1. The van der Waals surface area contributed by atoms with E-state index in [-0.39, 0.29) is 5.91 Å². The zero-order valence-corrected chi connectivity index (χ0v) is 16.8. The highest BCUT2D eigenvalue weighted by atomic mass is 16.1. The number of nitrogens with zero attached hydrogens (tertiary/aromatic N) is 2. The highest BCUT2D eigenvalue weighted by molar-refractivity contribution is 5.76. The predicted octanol–water partition coefficient (Wildman–Crippen LogP) is 3.19. The van der Waals surface area contributed by atoms with E-state index in [9.17, 15) is 4.79 Å². The van der Waals surface area contributed by atoms with Crippen LogP contribution < -0.4 is 10.6 Å². The fraction of sp³-hybridized carbons (Fsp3) is 0.545. The van der Waals surface area contributed by atoms with Gasteiger partial charge in [0.2, 0.25) is 5.91 Å². The third-order valence-electron chi connectivity index (χ3n) is 5.82. The Labute approximate surface area is 162 Å². The van der Waals surface area contributed by atoms with E-state index in [4.69, 9.17) is 0 Å². The second-order valence-electron chi connectivity index (χ2n) is 7.86. The number of rotatable bonds is 7. The Bertz CT molecular complexity index is 747. The van der Waals surface area contributed by atoms with Gasteiger partial charge >= 0.3 is 0 Å². The first-order chi connectivity index (χ1) is 13.0. The predicted molar refractivity (Wildman–Crippen MR) is 108 cm³/mol. The summed E-state index contributed by atoms with van der Waals surface area (Å²) in [7, 11) is 0. The molecular weight excluding hydrogens is 336 g/mol. The van der Waals surface area contributed by atoms with Gasteiger partial charge in [-0.1, -0.05) is 37.3 Å². The fourth-order valence-electron chi connectivity index (χ4n) is 3.98. The number of aryl methyl sites for hydroxylation is 1. The van der Waals surface area contributed by atoms with E-state index in [1.165, 1.54) is 18.4 Å². The number of carbonyl (C=O) groups excluding carboxylic acids is 1. The first kappa shape index (κ1) is 19.6. The second-order valence-corrected chi connectivity index (χ2v) is 7.86. The maximum Gasteiger partial charge on any atom is 0.220 e. The molecule has 2 atom stereocenters. The van der Waals surface area contributed by atoms with Crippen LogP contribution in [0.25, 0.3) is 0 Å². The molecule has 1 aliphatic heterocycles. The van der Waals surface area contributed by atoms with Crippen LogP contribution in [0.4, 0.5) is 0 Å². The van der Waals surface area contributed by atoms with Crippen LogP contribution in [0.3, 0.4) is 0 Å². The van der Waals surface area contributed by atoms with E-state index in [0.29, 0.717) is 24.8 Å². The van der Waals surface area contributed by atoms with Crippen molar-refractivity contribution < 1.29 is 4.79 Å². The van der Waals surface area contributed by atoms with E-state index in [0.717, 1.165) is 36.6 Å². The van der Waals surface area contributed by atoms with Crippen LogP contribution in [0, 0.1) is 25.7 Å². The summed E-state index contributed by atoms with van der Waals surface area (Å²) in [5.74, 6) is 1.17. The highest BCUT2D eigenvalue weighted by Crippen LogP contribution is 2.22. The Kier molecular flexibility index (Phi) is 6.67. The zero-order chi connectivity index (χ0) is 19.2. The van der Waals surface area contributed by atoms with E-state index in [1.807, 2.05) is 29.8 Å². The SMILES string of the molecule is Cc1nn(Cc2ccccc2)c(C)c1CNC(=O)CC(C)C1CCCNC1. The van der Waals surface area contributed by atoms with Crippen LogP contribution in [0.1, 0.15) is 48.7 Å². The Morgan fingerprint density at radius 2 is 2.11 bits per heavy atom. The molecule has 2 unspecified atom stereocenters. The summed E-state index contributed by atoms with van der Waals surface area (Å²) in [5.41, 5.74) is 4.48. The lowest BCUT2D eigenvalue weighted by atomic mass is 9.85. The largest absolute Gasteiger partial charge is 0.352 e. The van der Waals surface area contributed by atoms with Crippen molar-refractivity contribution in [3.63, 3.8) is 0 Å². The van der Waals surface area contributed by atoms with Gasteiger partial charge in [0.1, 0.15) is 0 Å². The molecule has 0 bridgehead atoms. The molecule has 1 aromatic heterocycles. The van der Waals surface area contributed by atoms with E-state index >= 15 is 0 Å². The third kappa shape index (κ3) is 5.19. The third-order valence-corrected chi connectivity index (χ3v) is 5.82. The molecule has 1 aromatic carbocycles. The van der Waals surface area contributed by atoms with Crippen LogP contribution in [-0.2, 0) is 17.9 Å². The molecule has 1 fully saturated rings. The summed E-state index contributed by atoms with van der Waals surface area (Å²) in [6, 6.07) is 10.3. The molecule has 0 aliphatic carbocycles. The summed E-state index contributed by atoms with van der Waals surface area (Å²) >= 11 is 0. The smallest absolute Gasteiger partial charge is 0.220 e. The molecule has 2 aromatic rings. The van der Waals surface area contributed by atoms with Crippen molar-refractivity contribution in [1.82, 2.24) is 20.4 Å². The Morgan fingerprint density at radius 1 is 1.33 bits per heavy atom. The average molecular weight is 369 g/mol. The van der Waals surface area contributed by atoms with Gasteiger partial charge in [-0.15, -0.1) is 0 Å². The van der Waals surface area contributed by atoms with Crippen molar-refractivity contribution in [3.8, 4) is 0 Å². The maximum atomic E-state index is 12.4. The molecule has 2 N–H and O–H groups in total. The lowest BCUT2D eigenvalue weighted by Crippen LogP contribution is -2.35. The normalized spacial score (nSPS) is 18.3. The number of piperidine rings is 1.